The number of nitrogens with zero attached hydrogens (tertiary/aromatic N) is 2. The lowest BCUT2D eigenvalue weighted by atomic mass is 10.1. The van der Waals surface area contributed by atoms with E-state index in [2.05, 4.69) is 42.7 Å². The van der Waals surface area contributed by atoms with Crippen LogP contribution >= 0.6 is 0 Å². The van der Waals surface area contributed by atoms with Gasteiger partial charge in [-0.2, -0.15) is 0 Å². The maximum absolute atomic E-state index is 11.9. The molecule has 3 rings (SSSR count). The molecule has 1 saturated heterocycles. The highest BCUT2D eigenvalue weighted by molar-refractivity contribution is 5.95. The monoisotopic (exact) mass is 394 g/mol. The van der Waals surface area contributed by atoms with Gasteiger partial charge >= 0.3 is 0 Å². The third-order valence-corrected chi connectivity index (χ3v) is 4.89. The summed E-state index contributed by atoms with van der Waals surface area (Å²) in [7, 11) is 1.68. The SMILES string of the molecule is CCNC(=NCc1cc(C)cc(OC)c1)NCc1ccc(N2CCCC2=O)cc1. The van der Waals surface area contributed by atoms with Crippen LogP contribution in [0.4, 0.5) is 5.69 Å². The van der Waals surface area contributed by atoms with Crippen molar-refractivity contribution in [1.82, 2.24) is 10.6 Å². The molecule has 0 bridgehead atoms. The summed E-state index contributed by atoms with van der Waals surface area (Å²) in [5, 5.41) is 6.66. The second-order valence-corrected chi connectivity index (χ2v) is 7.22. The van der Waals surface area contributed by atoms with Crippen molar-refractivity contribution in [1.29, 1.82) is 0 Å². The van der Waals surface area contributed by atoms with Gasteiger partial charge in [-0.25, -0.2) is 4.99 Å². The summed E-state index contributed by atoms with van der Waals surface area (Å²) in [6.07, 6.45) is 1.59. The fourth-order valence-corrected chi connectivity index (χ4v) is 3.45. The van der Waals surface area contributed by atoms with Gasteiger partial charge in [0.05, 0.1) is 13.7 Å². The van der Waals surface area contributed by atoms with E-state index < -0.39 is 0 Å². The highest BCUT2D eigenvalue weighted by Gasteiger charge is 2.21. The number of rotatable bonds is 7. The zero-order valence-corrected chi connectivity index (χ0v) is 17.5. The number of carbonyl (C=O) groups is 1. The zero-order valence-electron chi connectivity index (χ0n) is 17.5. The normalized spacial score (nSPS) is 14.2. The van der Waals surface area contributed by atoms with E-state index in [1.807, 2.05) is 29.2 Å². The van der Waals surface area contributed by atoms with E-state index >= 15 is 0 Å². The molecule has 2 N–H and O–H groups in total. The second kappa shape index (κ2) is 9.96. The molecule has 1 fully saturated rings. The number of ether oxygens (including phenoxy) is 1. The lowest BCUT2D eigenvalue weighted by Crippen LogP contribution is -2.36. The molecule has 0 atom stereocenters. The van der Waals surface area contributed by atoms with Crippen LogP contribution in [0.2, 0.25) is 0 Å². The average molecular weight is 395 g/mol. The van der Waals surface area contributed by atoms with Crippen LogP contribution in [-0.4, -0.2) is 32.1 Å². The molecule has 2 aromatic rings. The quantitative estimate of drug-likeness (QED) is 0.558. The Labute approximate surface area is 173 Å². The van der Waals surface area contributed by atoms with Gasteiger partial charge in [0.25, 0.3) is 0 Å². The Hall–Kier alpha value is -3.02. The van der Waals surface area contributed by atoms with Gasteiger partial charge in [0.2, 0.25) is 5.91 Å². The predicted molar refractivity (Wildman–Crippen MR) is 117 cm³/mol. The number of aryl methyl sites for hydroxylation is 1. The van der Waals surface area contributed by atoms with Crippen LogP contribution in [-0.2, 0) is 17.9 Å². The van der Waals surface area contributed by atoms with Gasteiger partial charge in [-0.15, -0.1) is 0 Å². The van der Waals surface area contributed by atoms with E-state index in [0.717, 1.165) is 53.6 Å². The Morgan fingerprint density at radius 2 is 1.93 bits per heavy atom. The highest BCUT2D eigenvalue weighted by Crippen LogP contribution is 2.21. The van der Waals surface area contributed by atoms with Gasteiger partial charge in [-0.3, -0.25) is 4.79 Å². The minimum atomic E-state index is 0.213. The van der Waals surface area contributed by atoms with Crippen molar-refractivity contribution in [3.05, 3.63) is 59.2 Å². The number of nitrogens with one attached hydrogen (secondary N) is 2. The van der Waals surface area contributed by atoms with Gasteiger partial charge in [0, 0.05) is 31.7 Å². The molecule has 0 saturated carbocycles. The van der Waals surface area contributed by atoms with Gasteiger partial charge in [0.15, 0.2) is 5.96 Å². The largest absolute Gasteiger partial charge is 0.497 e. The fourth-order valence-electron chi connectivity index (χ4n) is 3.45. The molecular weight excluding hydrogens is 364 g/mol. The minimum Gasteiger partial charge on any atom is -0.497 e. The van der Waals surface area contributed by atoms with E-state index in [-0.39, 0.29) is 5.91 Å². The molecule has 0 aliphatic carbocycles. The molecule has 0 radical (unpaired) electrons. The molecule has 6 nitrogen and oxygen atoms in total. The Bertz CT molecular complexity index is 862. The molecule has 154 valence electrons. The van der Waals surface area contributed by atoms with Crippen LogP contribution in [0.5, 0.6) is 5.75 Å². The second-order valence-electron chi connectivity index (χ2n) is 7.22. The van der Waals surface area contributed by atoms with Crippen LogP contribution in [0.25, 0.3) is 0 Å². The van der Waals surface area contributed by atoms with Crippen molar-refractivity contribution in [3.8, 4) is 5.75 Å². The van der Waals surface area contributed by atoms with Crippen LogP contribution in [0.1, 0.15) is 36.5 Å². The lowest BCUT2D eigenvalue weighted by Gasteiger charge is -2.16. The molecular formula is C23H30N4O2. The Balaban J connectivity index is 1.61. The molecule has 6 heteroatoms. The highest BCUT2D eigenvalue weighted by atomic mass is 16.5. The molecule has 2 aromatic carbocycles. The molecule has 29 heavy (non-hydrogen) atoms. The average Bonchev–Trinajstić information content (AvgIpc) is 3.16. The first kappa shape index (κ1) is 20.7. The number of hydrogen-bond donors (Lipinski definition) is 2. The topological polar surface area (TPSA) is 66.0 Å². The van der Waals surface area contributed by atoms with Crippen LogP contribution in [0.15, 0.2) is 47.5 Å². The Kier molecular flexibility index (Phi) is 7.11. The first-order chi connectivity index (χ1) is 14.1. The standard InChI is InChI=1S/C23H30N4O2/c1-4-24-23(26-16-19-12-17(2)13-21(14-19)29-3)25-15-18-7-9-20(10-8-18)27-11-5-6-22(27)28/h7-10,12-14H,4-6,11,15-16H2,1-3H3,(H2,24,25,26). The van der Waals surface area contributed by atoms with E-state index in [4.69, 9.17) is 9.73 Å². The summed E-state index contributed by atoms with van der Waals surface area (Å²) in [6, 6.07) is 14.3. The molecule has 1 aliphatic heterocycles. The van der Waals surface area contributed by atoms with Crippen molar-refractivity contribution in [2.45, 2.75) is 39.8 Å². The number of aliphatic imine (C=N–C) groups is 1. The summed E-state index contributed by atoms with van der Waals surface area (Å²) in [5.74, 6) is 1.83. The smallest absolute Gasteiger partial charge is 0.227 e. The summed E-state index contributed by atoms with van der Waals surface area (Å²) in [4.78, 5) is 18.4. The zero-order chi connectivity index (χ0) is 20.6. The number of hydrogen-bond acceptors (Lipinski definition) is 3. The molecule has 0 unspecified atom stereocenters. The molecule has 0 aromatic heterocycles. The van der Waals surface area contributed by atoms with Crippen molar-refractivity contribution in [2.24, 2.45) is 4.99 Å². The minimum absolute atomic E-state index is 0.213. The van der Waals surface area contributed by atoms with E-state index in [1.165, 1.54) is 0 Å². The van der Waals surface area contributed by atoms with Crippen LogP contribution in [0.3, 0.4) is 0 Å². The van der Waals surface area contributed by atoms with E-state index in [0.29, 0.717) is 19.5 Å². The maximum atomic E-state index is 11.9. The summed E-state index contributed by atoms with van der Waals surface area (Å²) in [5.41, 5.74) is 4.39. The van der Waals surface area contributed by atoms with Crippen LogP contribution in [0, 0.1) is 6.92 Å². The van der Waals surface area contributed by atoms with E-state index in [1.54, 1.807) is 7.11 Å². The van der Waals surface area contributed by atoms with Crippen molar-refractivity contribution in [2.75, 3.05) is 25.1 Å². The van der Waals surface area contributed by atoms with Gasteiger partial charge in [-0.05, 0) is 61.2 Å². The Morgan fingerprint density at radius 1 is 1.14 bits per heavy atom. The maximum Gasteiger partial charge on any atom is 0.227 e. The van der Waals surface area contributed by atoms with Crippen molar-refractivity contribution < 1.29 is 9.53 Å². The van der Waals surface area contributed by atoms with Crippen molar-refractivity contribution in [3.63, 3.8) is 0 Å². The number of guanidine groups is 1. The number of amides is 1. The molecule has 1 aliphatic rings. The van der Waals surface area contributed by atoms with Crippen LogP contribution < -0.4 is 20.3 Å². The number of carbonyl (C=O) groups excluding carboxylic acids is 1. The molecule has 1 heterocycles. The van der Waals surface area contributed by atoms with Gasteiger partial charge in [-0.1, -0.05) is 18.2 Å². The van der Waals surface area contributed by atoms with E-state index in [9.17, 15) is 4.79 Å². The third-order valence-electron chi connectivity index (χ3n) is 4.89. The third kappa shape index (κ3) is 5.73. The number of methoxy groups -OCH3 is 1. The number of anilines is 1. The molecule has 0 spiro atoms. The first-order valence-electron chi connectivity index (χ1n) is 10.1. The first-order valence-corrected chi connectivity index (χ1v) is 10.1. The summed E-state index contributed by atoms with van der Waals surface area (Å²) < 4.78 is 5.34. The summed E-state index contributed by atoms with van der Waals surface area (Å²) in [6.45, 7) is 6.95. The van der Waals surface area contributed by atoms with Gasteiger partial charge < -0.3 is 20.3 Å². The fraction of sp³-hybridized carbons (Fsp3) is 0.391. The molecule has 1 amide bonds. The lowest BCUT2D eigenvalue weighted by molar-refractivity contribution is -0.117. The van der Waals surface area contributed by atoms with Crippen molar-refractivity contribution >= 4 is 17.6 Å². The summed E-state index contributed by atoms with van der Waals surface area (Å²) >= 11 is 0. The number of benzene rings is 2. The Morgan fingerprint density at radius 3 is 2.59 bits per heavy atom. The van der Waals surface area contributed by atoms with Gasteiger partial charge in [0.1, 0.15) is 5.75 Å². The predicted octanol–water partition coefficient (Wildman–Crippen LogP) is 3.39.